The summed E-state index contributed by atoms with van der Waals surface area (Å²) in [5, 5.41) is 2.70. The van der Waals surface area contributed by atoms with Gasteiger partial charge in [-0.25, -0.2) is 4.79 Å². The van der Waals surface area contributed by atoms with Crippen LogP contribution < -0.4 is 14.8 Å². The van der Waals surface area contributed by atoms with Gasteiger partial charge in [0, 0.05) is 10.0 Å². The summed E-state index contributed by atoms with van der Waals surface area (Å²) in [6.45, 7) is 2.14. The Morgan fingerprint density at radius 1 is 1.14 bits per heavy atom. The lowest BCUT2D eigenvalue weighted by atomic mass is 9.92. The number of ether oxygens (including phenoxy) is 2. The van der Waals surface area contributed by atoms with Crippen LogP contribution in [0.3, 0.4) is 0 Å². The van der Waals surface area contributed by atoms with E-state index in [9.17, 15) is 14.4 Å². The fourth-order valence-electron chi connectivity index (χ4n) is 3.29. The Kier molecular flexibility index (Phi) is 4.58. The van der Waals surface area contributed by atoms with Crippen LogP contribution in [0.5, 0.6) is 11.5 Å². The second kappa shape index (κ2) is 6.94. The van der Waals surface area contributed by atoms with Crippen LogP contribution in [0, 0.1) is 0 Å². The quantitative estimate of drug-likeness (QED) is 0.578. The van der Waals surface area contributed by atoms with Gasteiger partial charge in [0.05, 0.1) is 6.54 Å². The maximum Gasteiger partial charge on any atom is 0.325 e. The number of amides is 3. The van der Waals surface area contributed by atoms with Crippen LogP contribution >= 0.6 is 15.9 Å². The Balaban J connectivity index is 1.56. The molecule has 2 heterocycles. The van der Waals surface area contributed by atoms with Gasteiger partial charge in [0.2, 0.25) is 0 Å². The molecule has 4 rings (SSSR count). The predicted molar refractivity (Wildman–Crippen MR) is 104 cm³/mol. The van der Waals surface area contributed by atoms with E-state index in [0.717, 1.165) is 9.37 Å². The number of rotatable bonds is 4. The number of urea groups is 1. The number of hydrogen-bond donors (Lipinski definition) is 1. The first-order valence-electron chi connectivity index (χ1n) is 8.71. The SMILES string of the molecule is C[C@@]1(c2cccc(Br)c2)NC(=O)N(CC(=O)c2ccc3c(c2)OCCO3)C1=O. The minimum Gasteiger partial charge on any atom is -0.486 e. The van der Waals surface area contributed by atoms with Crippen molar-refractivity contribution in [2.75, 3.05) is 19.8 Å². The molecule has 2 aromatic rings. The third-order valence-corrected chi connectivity index (χ3v) is 5.34. The molecule has 2 aliphatic rings. The first-order chi connectivity index (χ1) is 13.4. The normalized spacial score (nSPS) is 20.9. The molecule has 0 aliphatic carbocycles. The van der Waals surface area contributed by atoms with E-state index in [1.165, 1.54) is 0 Å². The van der Waals surface area contributed by atoms with Gasteiger partial charge in [-0.2, -0.15) is 0 Å². The average Bonchev–Trinajstić information content (AvgIpc) is 2.91. The third-order valence-electron chi connectivity index (χ3n) is 4.84. The standard InChI is InChI=1S/C20H17BrN2O5/c1-20(13-3-2-4-14(21)10-13)18(25)23(19(26)22-20)11-15(24)12-5-6-16-17(9-12)28-8-7-27-16/h2-6,9-10H,7-8,11H2,1H3,(H,22,26)/t20-/m0/s1. The van der Waals surface area contributed by atoms with E-state index in [1.54, 1.807) is 43.3 Å². The number of hydrogen-bond acceptors (Lipinski definition) is 5. The van der Waals surface area contributed by atoms with Gasteiger partial charge in [0.25, 0.3) is 5.91 Å². The highest BCUT2D eigenvalue weighted by Gasteiger charge is 2.49. The molecule has 0 unspecified atom stereocenters. The molecule has 0 aromatic heterocycles. The number of carbonyl (C=O) groups is 3. The fraction of sp³-hybridized carbons (Fsp3) is 0.250. The molecule has 1 saturated heterocycles. The summed E-state index contributed by atoms with van der Waals surface area (Å²) in [5.41, 5.74) is -0.246. The van der Waals surface area contributed by atoms with Crippen LogP contribution in [-0.4, -0.2) is 42.4 Å². The minimum absolute atomic E-state index is 0.348. The second-order valence-corrected chi connectivity index (χ2v) is 7.65. The molecular weight excluding hydrogens is 428 g/mol. The molecule has 0 spiro atoms. The van der Waals surface area contributed by atoms with Crippen molar-refractivity contribution in [3.63, 3.8) is 0 Å². The number of halogens is 1. The minimum atomic E-state index is -1.23. The van der Waals surface area contributed by atoms with Crippen molar-refractivity contribution in [1.29, 1.82) is 0 Å². The predicted octanol–water partition coefficient (Wildman–Crippen LogP) is 2.87. The van der Waals surface area contributed by atoms with E-state index in [-0.39, 0.29) is 12.3 Å². The number of benzene rings is 2. The zero-order chi connectivity index (χ0) is 19.9. The summed E-state index contributed by atoms with van der Waals surface area (Å²) in [5.74, 6) is 0.216. The van der Waals surface area contributed by atoms with Gasteiger partial charge in [0.15, 0.2) is 17.3 Å². The number of carbonyl (C=O) groups excluding carboxylic acids is 3. The van der Waals surface area contributed by atoms with Crippen LogP contribution in [0.25, 0.3) is 0 Å². The first kappa shape index (κ1) is 18.5. The molecule has 0 bridgehead atoms. The van der Waals surface area contributed by atoms with Crippen LogP contribution in [0.4, 0.5) is 4.79 Å². The molecule has 1 N–H and O–H groups in total. The van der Waals surface area contributed by atoms with Gasteiger partial charge >= 0.3 is 6.03 Å². The van der Waals surface area contributed by atoms with E-state index in [0.29, 0.717) is 35.8 Å². The van der Waals surface area contributed by atoms with E-state index in [1.807, 2.05) is 6.07 Å². The highest BCUT2D eigenvalue weighted by molar-refractivity contribution is 9.10. The van der Waals surface area contributed by atoms with Crippen molar-refractivity contribution < 1.29 is 23.9 Å². The molecule has 0 saturated carbocycles. The first-order valence-corrected chi connectivity index (χ1v) is 9.51. The van der Waals surface area contributed by atoms with Crippen molar-refractivity contribution in [1.82, 2.24) is 10.2 Å². The Labute approximate surface area is 169 Å². The summed E-state index contributed by atoms with van der Waals surface area (Å²) in [6, 6.07) is 11.4. The van der Waals surface area contributed by atoms with E-state index < -0.39 is 17.5 Å². The summed E-state index contributed by atoms with van der Waals surface area (Å²) in [7, 11) is 0. The number of fused-ring (bicyclic) bond motifs is 1. The van der Waals surface area contributed by atoms with Crippen molar-refractivity contribution in [2.45, 2.75) is 12.5 Å². The van der Waals surface area contributed by atoms with Gasteiger partial charge in [-0.15, -0.1) is 0 Å². The molecule has 144 valence electrons. The molecule has 2 aromatic carbocycles. The maximum atomic E-state index is 13.0. The molecule has 28 heavy (non-hydrogen) atoms. The van der Waals surface area contributed by atoms with Crippen molar-refractivity contribution in [2.24, 2.45) is 0 Å². The molecular formula is C20H17BrN2O5. The Morgan fingerprint density at radius 2 is 1.89 bits per heavy atom. The Hall–Kier alpha value is -2.87. The lowest BCUT2D eigenvalue weighted by Gasteiger charge is -2.22. The summed E-state index contributed by atoms with van der Waals surface area (Å²) in [6.07, 6.45) is 0. The molecule has 3 amide bonds. The molecule has 1 fully saturated rings. The zero-order valence-electron chi connectivity index (χ0n) is 15.0. The van der Waals surface area contributed by atoms with Gasteiger partial charge in [0.1, 0.15) is 18.8 Å². The monoisotopic (exact) mass is 444 g/mol. The summed E-state index contributed by atoms with van der Waals surface area (Å²) < 4.78 is 11.7. The average molecular weight is 445 g/mol. The summed E-state index contributed by atoms with van der Waals surface area (Å²) in [4.78, 5) is 39.1. The van der Waals surface area contributed by atoms with Crippen molar-refractivity contribution in [3.05, 3.63) is 58.1 Å². The van der Waals surface area contributed by atoms with E-state index >= 15 is 0 Å². The Bertz CT molecular complexity index is 992. The van der Waals surface area contributed by atoms with Crippen molar-refractivity contribution in [3.8, 4) is 11.5 Å². The highest BCUT2D eigenvalue weighted by atomic mass is 79.9. The Morgan fingerprint density at radius 3 is 2.64 bits per heavy atom. The number of nitrogens with zero attached hydrogens (tertiary/aromatic N) is 1. The van der Waals surface area contributed by atoms with Gasteiger partial charge in [-0.3, -0.25) is 14.5 Å². The summed E-state index contributed by atoms with van der Waals surface area (Å²) >= 11 is 3.37. The van der Waals surface area contributed by atoms with Gasteiger partial charge < -0.3 is 14.8 Å². The van der Waals surface area contributed by atoms with Gasteiger partial charge in [-0.1, -0.05) is 28.1 Å². The molecule has 2 aliphatic heterocycles. The van der Waals surface area contributed by atoms with Gasteiger partial charge in [-0.05, 0) is 42.8 Å². The van der Waals surface area contributed by atoms with E-state index in [2.05, 4.69) is 21.2 Å². The smallest absolute Gasteiger partial charge is 0.325 e. The third kappa shape index (κ3) is 3.13. The van der Waals surface area contributed by atoms with Crippen LogP contribution in [-0.2, 0) is 10.3 Å². The molecule has 1 atom stereocenters. The lowest BCUT2D eigenvalue weighted by Crippen LogP contribution is -2.41. The van der Waals surface area contributed by atoms with Crippen LogP contribution in [0.1, 0.15) is 22.8 Å². The van der Waals surface area contributed by atoms with Crippen LogP contribution in [0.2, 0.25) is 0 Å². The molecule has 0 radical (unpaired) electrons. The van der Waals surface area contributed by atoms with Crippen LogP contribution in [0.15, 0.2) is 46.9 Å². The van der Waals surface area contributed by atoms with Crippen molar-refractivity contribution >= 4 is 33.7 Å². The fourth-order valence-corrected chi connectivity index (χ4v) is 3.69. The second-order valence-electron chi connectivity index (χ2n) is 6.74. The highest BCUT2D eigenvalue weighted by Crippen LogP contribution is 2.32. The molecule has 8 heteroatoms. The maximum absolute atomic E-state index is 13.0. The molecule has 7 nitrogen and oxygen atoms in total. The topological polar surface area (TPSA) is 84.9 Å². The lowest BCUT2D eigenvalue weighted by molar-refractivity contribution is -0.130. The number of ketones is 1. The number of nitrogens with one attached hydrogen (secondary N) is 1. The zero-order valence-corrected chi connectivity index (χ0v) is 16.6. The number of imide groups is 1. The largest absolute Gasteiger partial charge is 0.486 e. The number of Topliss-reactive ketones (excluding diaryl/α,β-unsaturated/α-hetero) is 1. The van der Waals surface area contributed by atoms with E-state index in [4.69, 9.17) is 9.47 Å².